The van der Waals surface area contributed by atoms with Crippen LogP contribution in [-0.4, -0.2) is 67.8 Å². The van der Waals surface area contributed by atoms with Gasteiger partial charge >= 0.3 is 11.9 Å². The molecule has 0 radical (unpaired) electrons. The zero-order chi connectivity index (χ0) is 19.5. The number of hydrogen-bond donors (Lipinski definition) is 2. The highest BCUT2D eigenvalue weighted by Gasteiger charge is 2.55. The van der Waals surface area contributed by atoms with Crippen molar-refractivity contribution in [1.29, 1.82) is 0 Å². The van der Waals surface area contributed by atoms with Crippen molar-refractivity contribution < 1.29 is 41.9 Å². The second-order valence-electron chi connectivity index (χ2n) is 6.05. The van der Waals surface area contributed by atoms with E-state index in [-0.39, 0.29) is 5.56 Å². The Labute approximate surface area is 150 Å². The Morgan fingerprint density at radius 1 is 1.15 bits per heavy atom. The van der Waals surface area contributed by atoms with E-state index in [1.165, 1.54) is 12.1 Å². The van der Waals surface area contributed by atoms with Gasteiger partial charge in [0, 0.05) is 12.8 Å². The molecule has 26 heavy (non-hydrogen) atoms. The highest BCUT2D eigenvalue weighted by Crippen LogP contribution is 2.36. The Balaban J connectivity index is 2.35. The molecule has 1 aromatic rings. The molecular formula is C16H20O9S. The molecule has 1 aliphatic carbocycles. The molecule has 0 bridgehead atoms. The van der Waals surface area contributed by atoms with Gasteiger partial charge in [-0.25, -0.2) is 9.59 Å². The molecule has 0 aliphatic heterocycles. The highest BCUT2D eigenvalue weighted by atomic mass is 32.2. The summed E-state index contributed by atoms with van der Waals surface area (Å²) in [6.07, 6.45) is -4.85. The minimum Gasteiger partial charge on any atom is -0.466 e. The summed E-state index contributed by atoms with van der Waals surface area (Å²) in [7, 11) is -2.95. The van der Waals surface area contributed by atoms with E-state index in [9.17, 15) is 28.2 Å². The van der Waals surface area contributed by atoms with Crippen molar-refractivity contribution in [3.05, 3.63) is 35.9 Å². The highest BCUT2D eigenvalue weighted by molar-refractivity contribution is 7.86. The first-order valence-corrected chi connectivity index (χ1v) is 9.51. The minimum atomic E-state index is -4.01. The SMILES string of the molecule is COC(=O)[C@]1(OC(=O)c2ccccc2)C[C@@H](O)[C@@H](O)[C@H](OS(C)(=O)=O)C1. The number of aliphatic hydroxyl groups excluding tert-OH is 2. The van der Waals surface area contributed by atoms with Crippen LogP contribution < -0.4 is 0 Å². The molecule has 0 heterocycles. The van der Waals surface area contributed by atoms with Gasteiger partial charge in [-0.3, -0.25) is 4.18 Å². The summed E-state index contributed by atoms with van der Waals surface area (Å²) in [5.41, 5.74) is -1.85. The zero-order valence-electron chi connectivity index (χ0n) is 14.2. The molecule has 1 fully saturated rings. The number of carbonyl (C=O) groups excluding carboxylic acids is 2. The molecule has 1 aromatic carbocycles. The number of methoxy groups -OCH3 is 1. The summed E-state index contributed by atoms with van der Waals surface area (Å²) in [6, 6.07) is 7.80. The van der Waals surface area contributed by atoms with Crippen LogP contribution in [0.25, 0.3) is 0 Å². The fourth-order valence-electron chi connectivity index (χ4n) is 2.84. The topological polar surface area (TPSA) is 136 Å². The molecule has 1 aliphatic rings. The Morgan fingerprint density at radius 2 is 1.77 bits per heavy atom. The number of aliphatic hydroxyl groups is 2. The number of ether oxygens (including phenoxy) is 2. The Morgan fingerprint density at radius 3 is 2.31 bits per heavy atom. The van der Waals surface area contributed by atoms with E-state index in [4.69, 9.17) is 8.92 Å². The average Bonchev–Trinajstić information content (AvgIpc) is 2.58. The van der Waals surface area contributed by atoms with Gasteiger partial charge in [-0.05, 0) is 12.1 Å². The second-order valence-corrected chi connectivity index (χ2v) is 7.65. The summed E-state index contributed by atoms with van der Waals surface area (Å²) in [5.74, 6) is -1.85. The van der Waals surface area contributed by atoms with Crippen molar-refractivity contribution in [3.8, 4) is 0 Å². The van der Waals surface area contributed by atoms with Crippen LogP contribution in [0.4, 0.5) is 0 Å². The van der Waals surface area contributed by atoms with E-state index >= 15 is 0 Å². The molecule has 9 nitrogen and oxygen atoms in total. The van der Waals surface area contributed by atoms with Gasteiger partial charge < -0.3 is 19.7 Å². The second kappa shape index (κ2) is 7.70. The van der Waals surface area contributed by atoms with Crippen LogP contribution in [0.1, 0.15) is 23.2 Å². The first-order valence-electron chi connectivity index (χ1n) is 7.69. The predicted octanol–water partition coefficient (Wildman–Crippen LogP) is -0.384. The minimum absolute atomic E-state index is 0.150. The Hall–Kier alpha value is -2.01. The molecule has 0 saturated heterocycles. The van der Waals surface area contributed by atoms with Crippen LogP contribution in [-0.2, 0) is 28.6 Å². The van der Waals surface area contributed by atoms with E-state index in [0.717, 1.165) is 13.4 Å². The van der Waals surface area contributed by atoms with Crippen molar-refractivity contribution in [2.24, 2.45) is 0 Å². The third-order valence-electron chi connectivity index (χ3n) is 4.00. The van der Waals surface area contributed by atoms with Gasteiger partial charge in [-0.1, -0.05) is 18.2 Å². The van der Waals surface area contributed by atoms with Crippen LogP contribution in [0, 0.1) is 0 Å². The fraction of sp³-hybridized carbons (Fsp3) is 0.500. The number of esters is 2. The van der Waals surface area contributed by atoms with Crippen molar-refractivity contribution in [2.45, 2.75) is 36.8 Å². The molecular weight excluding hydrogens is 368 g/mol. The van der Waals surface area contributed by atoms with Crippen molar-refractivity contribution in [1.82, 2.24) is 0 Å². The van der Waals surface area contributed by atoms with E-state index in [1.54, 1.807) is 18.2 Å². The summed E-state index contributed by atoms with van der Waals surface area (Å²) >= 11 is 0. The normalized spacial score (nSPS) is 29.0. The molecule has 2 N–H and O–H groups in total. The summed E-state index contributed by atoms with van der Waals surface area (Å²) < 4.78 is 37.6. The van der Waals surface area contributed by atoms with Crippen LogP contribution in [0.5, 0.6) is 0 Å². The molecule has 144 valence electrons. The number of carbonyl (C=O) groups is 2. The zero-order valence-corrected chi connectivity index (χ0v) is 15.0. The standard InChI is InChI=1S/C16H20O9S/c1-23-15(20)16(24-14(19)10-6-4-3-5-7-10)8-11(17)13(18)12(9-16)25-26(2,21)22/h3-7,11-13,17-18H,8-9H2,1-2H3/t11-,12-,13-,16+/m1/s1. The molecule has 1 saturated carbocycles. The van der Waals surface area contributed by atoms with Gasteiger partial charge in [0.25, 0.3) is 10.1 Å². The molecule has 0 unspecified atom stereocenters. The monoisotopic (exact) mass is 388 g/mol. The van der Waals surface area contributed by atoms with Gasteiger partial charge in [0.15, 0.2) is 0 Å². The van der Waals surface area contributed by atoms with Gasteiger partial charge in [-0.15, -0.1) is 0 Å². The van der Waals surface area contributed by atoms with Crippen molar-refractivity contribution >= 4 is 22.1 Å². The van der Waals surface area contributed by atoms with Gasteiger partial charge in [0.2, 0.25) is 5.60 Å². The summed E-state index contributed by atoms with van der Waals surface area (Å²) in [5, 5.41) is 20.1. The molecule has 0 amide bonds. The first-order chi connectivity index (χ1) is 12.1. The van der Waals surface area contributed by atoms with Crippen LogP contribution in [0.15, 0.2) is 30.3 Å². The lowest BCUT2D eigenvalue weighted by atomic mass is 9.79. The van der Waals surface area contributed by atoms with E-state index in [1.807, 2.05) is 0 Å². The third kappa shape index (κ3) is 4.58. The maximum atomic E-state index is 12.4. The van der Waals surface area contributed by atoms with Crippen molar-refractivity contribution in [2.75, 3.05) is 13.4 Å². The smallest absolute Gasteiger partial charge is 0.350 e. The fourth-order valence-corrected chi connectivity index (χ4v) is 3.47. The molecule has 0 spiro atoms. The predicted molar refractivity (Wildman–Crippen MR) is 87.6 cm³/mol. The number of benzene rings is 1. The molecule has 2 rings (SSSR count). The molecule has 10 heteroatoms. The number of hydrogen-bond acceptors (Lipinski definition) is 9. The van der Waals surface area contributed by atoms with Crippen molar-refractivity contribution in [3.63, 3.8) is 0 Å². The number of rotatable bonds is 5. The van der Waals surface area contributed by atoms with Gasteiger partial charge in [0.1, 0.15) is 12.2 Å². The molecule has 4 atom stereocenters. The summed E-state index contributed by atoms with van der Waals surface area (Å²) in [6.45, 7) is 0. The van der Waals surface area contributed by atoms with Crippen LogP contribution in [0.3, 0.4) is 0 Å². The average molecular weight is 388 g/mol. The Bertz CT molecular complexity index is 761. The Kier molecular flexibility index (Phi) is 6.02. The van der Waals surface area contributed by atoms with E-state index < -0.39 is 58.8 Å². The van der Waals surface area contributed by atoms with Crippen LogP contribution in [0.2, 0.25) is 0 Å². The largest absolute Gasteiger partial charge is 0.466 e. The van der Waals surface area contributed by atoms with Gasteiger partial charge in [0.05, 0.1) is 25.0 Å². The van der Waals surface area contributed by atoms with Gasteiger partial charge in [-0.2, -0.15) is 8.42 Å². The lowest BCUT2D eigenvalue weighted by Gasteiger charge is -2.41. The van der Waals surface area contributed by atoms with E-state index in [2.05, 4.69) is 4.74 Å². The molecule has 0 aromatic heterocycles. The summed E-state index contributed by atoms with van der Waals surface area (Å²) in [4.78, 5) is 24.7. The maximum absolute atomic E-state index is 12.4. The lowest BCUT2D eigenvalue weighted by Crippen LogP contribution is -2.59. The third-order valence-corrected chi connectivity index (χ3v) is 4.60. The maximum Gasteiger partial charge on any atom is 0.350 e. The van der Waals surface area contributed by atoms with E-state index in [0.29, 0.717) is 0 Å². The quantitative estimate of drug-likeness (QED) is 0.510. The first kappa shape index (κ1) is 20.3. The van der Waals surface area contributed by atoms with Crippen LogP contribution >= 0.6 is 0 Å². The lowest BCUT2D eigenvalue weighted by molar-refractivity contribution is -0.187.